The van der Waals surface area contributed by atoms with E-state index in [1.807, 2.05) is 12.4 Å². The van der Waals surface area contributed by atoms with Crippen LogP contribution in [0.1, 0.15) is 56.3 Å². The Balaban J connectivity index is 1.59. The van der Waals surface area contributed by atoms with E-state index in [-0.39, 0.29) is 12.1 Å². The first-order valence-corrected chi connectivity index (χ1v) is 9.26. The molecular weight excluding hydrogens is 312 g/mol. The highest BCUT2D eigenvalue weighted by Crippen LogP contribution is 2.24. The smallest absolute Gasteiger partial charge is 0.119 e. The molecule has 1 aromatic carbocycles. The zero-order valence-electron chi connectivity index (χ0n) is 15.2. The number of ether oxygens (including phenoxy) is 2. The molecule has 0 amide bonds. The summed E-state index contributed by atoms with van der Waals surface area (Å²) in [4.78, 5) is 4.11. The average molecular weight is 340 g/mol. The summed E-state index contributed by atoms with van der Waals surface area (Å²) in [5.74, 6) is 0.948. The number of nitrogens with one attached hydrogen (secondary N) is 1. The SMILES string of the molecule is CC[C@@H](N[C@H](C)c1ccc(OC2CCOCC2)cc1)c1ccncc1. The third-order valence-electron chi connectivity index (χ3n) is 4.82. The van der Waals surface area contributed by atoms with Gasteiger partial charge >= 0.3 is 0 Å². The van der Waals surface area contributed by atoms with Gasteiger partial charge < -0.3 is 14.8 Å². The van der Waals surface area contributed by atoms with Crippen molar-refractivity contribution in [3.8, 4) is 5.75 Å². The maximum Gasteiger partial charge on any atom is 0.119 e. The Hall–Kier alpha value is -1.91. The number of aromatic nitrogens is 1. The van der Waals surface area contributed by atoms with Gasteiger partial charge in [-0.2, -0.15) is 0 Å². The lowest BCUT2D eigenvalue weighted by Gasteiger charge is -2.25. The van der Waals surface area contributed by atoms with Crippen molar-refractivity contribution in [3.05, 3.63) is 59.9 Å². The van der Waals surface area contributed by atoms with Crippen molar-refractivity contribution in [1.82, 2.24) is 10.3 Å². The second-order valence-corrected chi connectivity index (χ2v) is 6.63. The zero-order chi connectivity index (χ0) is 17.5. The van der Waals surface area contributed by atoms with Crippen molar-refractivity contribution < 1.29 is 9.47 Å². The van der Waals surface area contributed by atoms with Gasteiger partial charge in [0, 0.05) is 37.3 Å². The molecule has 2 heterocycles. The fraction of sp³-hybridized carbons (Fsp3) is 0.476. The van der Waals surface area contributed by atoms with E-state index in [0.29, 0.717) is 6.04 Å². The lowest BCUT2D eigenvalue weighted by Crippen LogP contribution is -2.26. The van der Waals surface area contributed by atoms with Crippen LogP contribution in [0.2, 0.25) is 0 Å². The van der Waals surface area contributed by atoms with Crippen LogP contribution in [0.5, 0.6) is 5.75 Å². The molecule has 4 heteroatoms. The Kier molecular flexibility index (Phi) is 6.42. The van der Waals surface area contributed by atoms with Crippen LogP contribution in [0.3, 0.4) is 0 Å². The summed E-state index contributed by atoms with van der Waals surface area (Å²) in [6, 6.07) is 13.2. The minimum atomic E-state index is 0.273. The van der Waals surface area contributed by atoms with Gasteiger partial charge in [0.25, 0.3) is 0 Å². The second kappa shape index (κ2) is 8.97. The van der Waals surface area contributed by atoms with E-state index in [4.69, 9.17) is 9.47 Å². The van der Waals surface area contributed by atoms with Crippen LogP contribution in [0.25, 0.3) is 0 Å². The highest BCUT2D eigenvalue weighted by molar-refractivity contribution is 5.29. The second-order valence-electron chi connectivity index (χ2n) is 6.63. The third kappa shape index (κ3) is 5.03. The van der Waals surface area contributed by atoms with Crippen LogP contribution < -0.4 is 10.1 Å². The molecule has 0 unspecified atom stereocenters. The molecule has 0 radical (unpaired) electrons. The number of pyridine rings is 1. The van der Waals surface area contributed by atoms with Crippen molar-refractivity contribution in [2.45, 2.75) is 51.3 Å². The molecule has 0 bridgehead atoms. The van der Waals surface area contributed by atoms with Gasteiger partial charge in [-0.05, 0) is 48.7 Å². The predicted octanol–water partition coefficient (Wildman–Crippen LogP) is 4.44. The topological polar surface area (TPSA) is 43.4 Å². The van der Waals surface area contributed by atoms with E-state index in [0.717, 1.165) is 38.2 Å². The Labute approximate surface area is 150 Å². The van der Waals surface area contributed by atoms with Crippen LogP contribution in [0.4, 0.5) is 0 Å². The Bertz CT molecular complexity index is 624. The van der Waals surface area contributed by atoms with Gasteiger partial charge in [-0.25, -0.2) is 0 Å². The monoisotopic (exact) mass is 340 g/mol. The minimum Gasteiger partial charge on any atom is -0.490 e. The molecule has 3 rings (SSSR count). The number of nitrogens with zero attached hydrogens (tertiary/aromatic N) is 1. The lowest BCUT2D eigenvalue weighted by atomic mass is 10.0. The fourth-order valence-electron chi connectivity index (χ4n) is 3.26. The summed E-state index contributed by atoms with van der Waals surface area (Å²) < 4.78 is 11.4. The molecule has 4 nitrogen and oxygen atoms in total. The summed E-state index contributed by atoms with van der Waals surface area (Å²) >= 11 is 0. The van der Waals surface area contributed by atoms with Crippen molar-refractivity contribution in [2.75, 3.05) is 13.2 Å². The van der Waals surface area contributed by atoms with Crippen LogP contribution in [-0.4, -0.2) is 24.3 Å². The largest absolute Gasteiger partial charge is 0.490 e. The van der Waals surface area contributed by atoms with Crippen LogP contribution in [0, 0.1) is 0 Å². The predicted molar refractivity (Wildman–Crippen MR) is 99.7 cm³/mol. The van der Waals surface area contributed by atoms with E-state index in [2.05, 4.69) is 60.5 Å². The van der Waals surface area contributed by atoms with Crippen molar-refractivity contribution in [3.63, 3.8) is 0 Å². The molecule has 2 atom stereocenters. The molecule has 0 saturated carbocycles. The maximum absolute atomic E-state index is 6.05. The highest BCUT2D eigenvalue weighted by Gasteiger charge is 2.16. The first kappa shape index (κ1) is 17.9. The normalized spacial score (nSPS) is 17.8. The molecule has 1 N–H and O–H groups in total. The molecule has 1 aliphatic rings. The molecule has 1 aromatic heterocycles. The summed E-state index contributed by atoms with van der Waals surface area (Å²) in [6.07, 6.45) is 6.98. The molecule has 1 fully saturated rings. The van der Waals surface area contributed by atoms with E-state index < -0.39 is 0 Å². The first-order valence-electron chi connectivity index (χ1n) is 9.26. The molecule has 0 spiro atoms. The number of hydrogen-bond donors (Lipinski definition) is 1. The van der Waals surface area contributed by atoms with Crippen LogP contribution in [-0.2, 0) is 4.74 Å². The maximum atomic E-state index is 6.05. The molecule has 1 aliphatic heterocycles. The van der Waals surface area contributed by atoms with Gasteiger partial charge in [0.1, 0.15) is 11.9 Å². The summed E-state index contributed by atoms with van der Waals surface area (Å²) in [5, 5.41) is 3.71. The quantitative estimate of drug-likeness (QED) is 0.809. The Morgan fingerprint density at radius 3 is 2.40 bits per heavy atom. The Morgan fingerprint density at radius 1 is 1.08 bits per heavy atom. The molecule has 0 aliphatic carbocycles. The van der Waals surface area contributed by atoms with Gasteiger partial charge in [-0.15, -0.1) is 0 Å². The summed E-state index contributed by atoms with van der Waals surface area (Å²) in [5.41, 5.74) is 2.55. The fourth-order valence-corrected chi connectivity index (χ4v) is 3.26. The van der Waals surface area contributed by atoms with E-state index in [1.165, 1.54) is 11.1 Å². The molecule has 2 aromatic rings. The van der Waals surface area contributed by atoms with Crippen LogP contribution >= 0.6 is 0 Å². The van der Waals surface area contributed by atoms with Crippen molar-refractivity contribution in [2.24, 2.45) is 0 Å². The molecular formula is C21H28N2O2. The minimum absolute atomic E-state index is 0.273. The van der Waals surface area contributed by atoms with E-state index >= 15 is 0 Å². The van der Waals surface area contributed by atoms with Gasteiger partial charge in [-0.3, -0.25) is 4.98 Å². The summed E-state index contributed by atoms with van der Waals surface area (Å²) in [7, 11) is 0. The van der Waals surface area contributed by atoms with Gasteiger partial charge in [-0.1, -0.05) is 19.1 Å². The van der Waals surface area contributed by atoms with E-state index in [1.54, 1.807) is 0 Å². The summed E-state index contributed by atoms with van der Waals surface area (Å²) in [6.45, 7) is 6.02. The molecule has 134 valence electrons. The molecule has 25 heavy (non-hydrogen) atoms. The third-order valence-corrected chi connectivity index (χ3v) is 4.82. The van der Waals surface area contributed by atoms with Gasteiger partial charge in [0.15, 0.2) is 0 Å². The highest BCUT2D eigenvalue weighted by atomic mass is 16.5. The first-order chi connectivity index (χ1) is 12.3. The van der Waals surface area contributed by atoms with E-state index in [9.17, 15) is 0 Å². The lowest BCUT2D eigenvalue weighted by molar-refractivity contribution is 0.0255. The van der Waals surface area contributed by atoms with Gasteiger partial charge in [0.05, 0.1) is 13.2 Å². The van der Waals surface area contributed by atoms with Crippen LogP contribution in [0.15, 0.2) is 48.8 Å². The Morgan fingerprint density at radius 2 is 1.76 bits per heavy atom. The zero-order valence-corrected chi connectivity index (χ0v) is 15.2. The van der Waals surface area contributed by atoms with Crippen molar-refractivity contribution >= 4 is 0 Å². The van der Waals surface area contributed by atoms with Crippen molar-refractivity contribution in [1.29, 1.82) is 0 Å². The number of hydrogen-bond acceptors (Lipinski definition) is 4. The van der Waals surface area contributed by atoms with Gasteiger partial charge in [0.2, 0.25) is 0 Å². The number of rotatable bonds is 7. The number of benzene rings is 1. The standard InChI is InChI=1S/C21H28N2O2/c1-3-21(18-8-12-22-13-9-18)23-16(2)17-4-6-19(7-5-17)25-20-10-14-24-15-11-20/h4-9,12-13,16,20-21,23H,3,10-11,14-15H2,1-2H3/t16-,21-/m1/s1. The average Bonchev–Trinajstić information content (AvgIpc) is 2.68. The molecule has 1 saturated heterocycles.